The van der Waals surface area contributed by atoms with Gasteiger partial charge in [-0.2, -0.15) is 26.3 Å². The summed E-state index contributed by atoms with van der Waals surface area (Å²) in [6.45, 7) is 0. The molecule has 1 amide bonds. The zero-order valence-corrected chi connectivity index (χ0v) is 18.3. The van der Waals surface area contributed by atoms with Crippen LogP contribution in [0.15, 0.2) is 65.1 Å². The molecular weight excluding hydrogens is 506 g/mol. The molecule has 0 aliphatic heterocycles. The van der Waals surface area contributed by atoms with Crippen LogP contribution in [0.25, 0.3) is 17.4 Å². The van der Waals surface area contributed by atoms with Gasteiger partial charge in [0.05, 0.1) is 11.1 Å². The number of carbonyl (C=O) groups is 1. The fourth-order valence-corrected chi connectivity index (χ4v) is 3.06. The van der Waals surface area contributed by atoms with E-state index in [1.807, 2.05) is 0 Å². The second-order valence-electron chi connectivity index (χ2n) is 6.78. The standard InChI is InChI=1S/C22H13ClF6N2O2S/c23-15-3-1-12(2-4-15)18-7-5-17(33-18)6-8-19(32)31-20(34)30-16-10-13(21(24,25)26)9-14(11-16)22(27,28)29/h1-11H,(H2,30,31,32,34). The van der Waals surface area contributed by atoms with Crippen molar-refractivity contribution >= 4 is 46.6 Å². The number of benzene rings is 2. The Morgan fingerprint density at radius 1 is 0.912 bits per heavy atom. The molecule has 0 radical (unpaired) electrons. The Kier molecular flexibility index (Phi) is 7.37. The molecule has 0 aliphatic rings. The summed E-state index contributed by atoms with van der Waals surface area (Å²) in [5.41, 5.74) is -2.88. The molecule has 0 saturated heterocycles. The Morgan fingerprint density at radius 3 is 2.06 bits per heavy atom. The van der Waals surface area contributed by atoms with Crippen LogP contribution in [0.1, 0.15) is 16.9 Å². The zero-order valence-electron chi connectivity index (χ0n) is 16.7. The lowest BCUT2D eigenvalue weighted by molar-refractivity contribution is -0.143. The van der Waals surface area contributed by atoms with E-state index in [2.05, 4.69) is 10.6 Å². The highest BCUT2D eigenvalue weighted by molar-refractivity contribution is 7.80. The van der Waals surface area contributed by atoms with Gasteiger partial charge in [0.15, 0.2) is 5.11 Å². The van der Waals surface area contributed by atoms with Crippen molar-refractivity contribution in [3.05, 3.63) is 82.6 Å². The SMILES string of the molecule is O=C(C=Cc1ccc(-c2ccc(Cl)cc2)o1)NC(=S)Nc1cc(C(F)(F)F)cc(C(F)(F)F)c1. The van der Waals surface area contributed by atoms with Crippen molar-refractivity contribution in [3.63, 3.8) is 0 Å². The fraction of sp³-hybridized carbons (Fsp3) is 0.0909. The minimum Gasteiger partial charge on any atom is -0.457 e. The Bertz CT molecular complexity index is 1200. The number of hydrogen-bond donors (Lipinski definition) is 2. The lowest BCUT2D eigenvalue weighted by atomic mass is 10.1. The third-order valence-corrected chi connectivity index (χ3v) is 4.69. The van der Waals surface area contributed by atoms with Crippen LogP contribution in [0.4, 0.5) is 32.0 Å². The van der Waals surface area contributed by atoms with Gasteiger partial charge < -0.3 is 9.73 Å². The Hall–Kier alpha value is -3.31. The van der Waals surface area contributed by atoms with Gasteiger partial charge in [0.1, 0.15) is 11.5 Å². The zero-order chi connectivity index (χ0) is 25.1. The van der Waals surface area contributed by atoms with Gasteiger partial charge in [-0.3, -0.25) is 10.1 Å². The van der Waals surface area contributed by atoms with Gasteiger partial charge in [0.25, 0.3) is 0 Å². The van der Waals surface area contributed by atoms with E-state index in [0.29, 0.717) is 28.7 Å². The smallest absolute Gasteiger partial charge is 0.416 e. The van der Waals surface area contributed by atoms with Crippen LogP contribution in [0.3, 0.4) is 0 Å². The summed E-state index contributed by atoms with van der Waals surface area (Å²) >= 11 is 10.7. The van der Waals surface area contributed by atoms with E-state index in [9.17, 15) is 31.1 Å². The van der Waals surface area contributed by atoms with Crippen molar-refractivity contribution in [3.8, 4) is 11.3 Å². The van der Waals surface area contributed by atoms with Crippen molar-refractivity contribution in [1.82, 2.24) is 5.32 Å². The summed E-state index contributed by atoms with van der Waals surface area (Å²) in [5, 5.41) is 4.35. The molecule has 1 heterocycles. The minimum absolute atomic E-state index is 0.0167. The first-order valence-electron chi connectivity index (χ1n) is 9.26. The number of anilines is 1. The maximum Gasteiger partial charge on any atom is 0.416 e. The molecule has 0 atom stereocenters. The van der Waals surface area contributed by atoms with E-state index in [4.69, 9.17) is 28.2 Å². The molecule has 12 heteroatoms. The first-order valence-corrected chi connectivity index (χ1v) is 10.1. The fourth-order valence-electron chi connectivity index (χ4n) is 2.71. The Balaban J connectivity index is 1.66. The molecule has 0 unspecified atom stereocenters. The average molecular weight is 519 g/mol. The first-order chi connectivity index (χ1) is 15.8. The second-order valence-corrected chi connectivity index (χ2v) is 7.62. The predicted octanol–water partition coefficient (Wildman–Crippen LogP) is 7.16. The molecule has 0 saturated carbocycles. The molecule has 0 spiro atoms. The first kappa shape index (κ1) is 25.3. The average Bonchev–Trinajstić information content (AvgIpc) is 3.20. The van der Waals surface area contributed by atoms with Gasteiger partial charge in [0.2, 0.25) is 5.91 Å². The van der Waals surface area contributed by atoms with Crippen molar-refractivity contribution in [1.29, 1.82) is 0 Å². The highest BCUT2D eigenvalue weighted by atomic mass is 35.5. The number of halogens is 7. The number of nitrogens with one attached hydrogen (secondary N) is 2. The second kappa shape index (κ2) is 9.90. The molecule has 2 N–H and O–H groups in total. The summed E-state index contributed by atoms with van der Waals surface area (Å²) in [6.07, 6.45) is -7.69. The summed E-state index contributed by atoms with van der Waals surface area (Å²) in [7, 11) is 0. The van der Waals surface area contributed by atoms with Crippen LogP contribution in [-0.4, -0.2) is 11.0 Å². The topological polar surface area (TPSA) is 54.3 Å². The van der Waals surface area contributed by atoms with Gasteiger partial charge in [-0.25, -0.2) is 0 Å². The van der Waals surface area contributed by atoms with E-state index in [0.717, 1.165) is 11.6 Å². The molecular formula is C22H13ClF6N2O2S. The van der Waals surface area contributed by atoms with E-state index in [1.54, 1.807) is 36.4 Å². The molecule has 0 bridgehead atoms. The van der Waals surface area contributed by atoms with Crippen LogP contribution in [0.2, 0.25) is 5.02 Å². The molecule has 34 heavy (non-hydrogen) atoms. The highest BCUT2D eigenvalue weighted by Crippen LogP contribution is 2.37. The lowest BCUT2D eigenvalue weighted by Crippen LogP contribution is -2.33. The third-order valence-electron chi connectivity index (χ3n) is 4.24. The van der Waals surface area contributed by atoms with Gasteiger partial charge in [-0.15, -0.1) is 0 Å². The number of alkyl halides is 6. The Labute approximate surface area is 199 Å². The minimum atomic E-state index is -5.01. The molecule has 4 nitrogen and oxygen atoms in total. The molecule has 0 fully saturated rings. The van der Waals surface area contributed by atoms with Crippen molar-refractivity contribution in [2.24, 2.45) is 0 Å². The van der Waals surface area contributed by atoms with E-state index >= 15 is 0 Å². The molecule has 2 aromatic carbocycles. The van der Waals surface area contributed by atoms with Crippen LogP contribution in [0.5, 0.6) is 0 Å². The van der Waals surface area contributed by atoms with Crippen LogP contribution < -0.4 is 10.6 Å². The highest BCUT2D eigenvalue weighted by Gasteiger charge is 2.37. The maximum absolute atomic E-state index is 13.0. The monoisotopic (exact) mass is 518 g/mol. The molecule has 3 aromatic rings. The molecule has 3 rings (SSSR count). The van der Waals surface area contributed by atoms with E-state index < -0.39 is 40.2 Å². The van der Waals surface area contributed by atoms with Crippen LogP contribution in [0, 0.1) is 0 Å². The molecule has 1 aromatic heterocycles. The third kappa shape index (κ3) is 6.84. The quantitative estimate of drug-likeness (QED) is 0.218. The number of amides is 1. The van der Waals surface area contributed by atoms with Crippen molar-refractivity contribution in [2.45, 2.75) is 12.4 Å². The van der Waals surface area contributed by atoms with Gasteiger partial charge in [-0.05, 0) is 72.9 Å². The summed E-state index contributed by atoms with van der Waals surface area (Å²) in [5.74, 6) is 0.0376. The summed E-state index contributed by atoms with van der Waals surface area (Å²) in [6, 6.07) is 11.0. The number of thiocarbonyl (C=S) groups is 1. The van der Waals surface area contributed by atoms with Gasteiger partial charge in [0, 0.05) is 22.3 Å². The van der Waals surface area contributed by atoms with Crippen LogP contribution in [-0.2, 0) is 17.1 Å². The summed E-state index contributed by atoms with van der Waals surface area (Å²) < 4.78 is 83.3. The molecule has 178 valence electrons. The predicted molar refractivity (Wildman–Crippen MR) is 119 cm³/mol. The number of rotatable bonds is 4. The molecule has 0 aliphatic carbocycles. The number of hydrogen-bond acceptors (Lipinski definition) is 3. The van der Waals surface area contributed by atoms with Gasteiger partial charge in [-0.1, -0.05) is 11.6 Å². The Morgan fingerprint density at radius 2 is 1.50 bits per heavy atom. The maximum atomic E-state index is 13.0. The summed E-state index contributed by atoms with van der Waals surface area (Å²) in [4.78, 5) is 12.0. The van der Waals surface area contributed by atoms with E-state index in [-0.39, 0.29) is 6.07 Å². The van der Waals surface area contributed by atoms with Gasteiger partial charge >= 0.3 is 12.4 Å². The van der Waals surface area contributed by atoms with Crippen molar-refractivity contribution in [2.75, 3.05) is 5.32 Å². The normalized spacial score (nSPS) is 12.1. The van der Waals surface area contributed by atoms with Crippen LogP contribution >= 0.6 is 23.8 Å². The number of furan rings is 1. The largest absolute Gasteiger partial charge is 0.457 e. The lowest BCUT2D eigenvalue weighted by Gasteiger charge is -2.15. The number of carbonyl (C=O) groups excluding carboxylic acids is 1. The van der Waals surface area contributed by atoms with Crippen molar-refractivity contribution < 1.29 is 35.6 Å². The van der Waals surface area contributed by atoms with E-state index in [1.165, 1.54) is 6.08 Å².